The number of aromatic nitrogens is 4. The molecular weight excluding hydrogens is 529 g/mol. The van der Waals surface area contributed by atoms with Gasteiger partial charge in [-0.25, -0.2) is 22.7 Å². The fraction of sp³-hybridized carbons (Fsp3) is 0.407. The first-order chi connectivity index (χ1) is 18.6. The standard InChI is InChI=1S/C27H25F3N6O2S/c1-14-20(4-15(7-31-14)24-34-21(9-39-24)17-6-19(17)28)33-23(37)18-8-32-36-3-2-16(5-22(18)36)35-12-26(13-35)10-27(38,11-26)25(29)30/h2-5,7-9,17,19,25,38H,6,10-13H2,1H3,(H,33,37)/t17-,19-/m0/s1. The Morgan fingerprint density at radius 1 is 1.26 bits per heavy atom. The number of hydrogen-bond donors (Lipinski definition) is 2. The molecule has 8 nitrogen and oxygen atoms in total. The SMILES string of the molecule is Cc1ncc(-c2nc([C@H]3C[C@@H]3F)cs2)cc1NC(=O)c1cnn2ccc(N3CC4(C3)CC(O)(C(F)F)C4)cc12. The second-order valence-corrected chi connectivity index (χ2v) is 12.0. The quantitative estimate of drug-likeness (QED) is 0.354. The molecule has 1 spiro atoms. The van der Waals surface area contributed by atoms with Crippen LogP contribution in [-0.4, -0.2) is 61.9 Å². The number of nitrogens with one attached hydrogen (secondary N) is 1. The largest absolute Gasteiger partial charge is 0.384 e. The Morgan fingerprint density at radius 3 is 2.74 bits per heavy atom. The summed E-state index contributed by atoms with van der Waals surface area (Å²) in [5.41, 5.74) is 2.39. The lowest BCUT2D eigenvalue weighted by Crippen LogP contribution is -2.70. The summed E-state index contributed by atoms with van der Waals surface area (Å²) in [4.78, 5) is 24.4. The molecule has 5 heterocycles. The van der Waals surface area contributed by atoms with E-state index in [1.54, 1.807) is 23.8 Å². The average molecular weight is 555 g/mol. The number of fused-ring (bicyclic) bond motifs is 1. The van der Waals surface area contributed by atoms with Crippen LogP contribution in [0.5, 0.6) is 0 Å². The maximum Gasteiger partial charge on any atom is 0.266 e. The number of halogens is 3. The van der Waals surface area contributed by atoms with Gasteiger partial charge in [-0.1, -0.05) is 0 Å². The molecule has 4 aromatic heterocycles. The highest BCUT2D eigenvalue weighted by atomic mass is 32.1. The lowest BCUT2D eigenvalue weighted by molar-refractivity contribution is -0.209. The Morgan fingerprint density at radius 2 is 2.03 bits per heavy atom. The Labute approximate surface area is 225 Å². The number of carbonyl (C=O) groups excluding carboxylic acids is 1. The van der Waals surface area contributed by atoms with Gasteiger partial charge in [-0.3, -0.25) is 9.78 Å². The van der Waals surface area contributed by atoms with Crippen LogP contribution in [0, 0.1) is 12.3 Å². The van der Waals surface area contributed by atoms with E-state index < -0.39 is 18.2 Å². The predicted molar refractivity (Wildman–Crippen MR) is 140 cm³/mol. The smallest absolute Gasteiger partial charge is 0.266 e. The van der Waals surface area contributed by atoms with E-state index in [0.29, 0.717) is 42.0 Å². The fourth-order valence-corrected chi connectivity index (χ4v) is 6.80. The summed E-state index contributed by atoms with van der Waals surface area (Å²) in [6, 6.07) is 5.55. The highest BCUT2D eigenvalue weighted by Gasteiger charge is 2.63. The van der Waals surface area contributed by atoms with Gasteiger partial charge in [0.05, 0.1) is 34.4 Å². The molecule has 3 fully saturated rings. The molecule has 3 aliphatic rings. The summed E-state index contributed by atoms with van der Waals surface area (Å²) in [6.07, 6.45) is 2.12. The molecule has 0 bridgehead atoms. The van der Waals surface area contributed by atoms with Crippen molar-refractivity contribution in [3.8, 4) is 10.6 Å². The van der Waals surface area contributed by atoms with E-state index >= 15 is 0 Å². The summed E-state index contributed by atoms with van der Waals surface area (Å²) in [6.45, 7) is 2.96. The van der Waals surface area contributed by atoms with Crippen LogP contribution in [0.4, 0.5) is 24.5 Å². The molecule has 39 heavy (non-hydrogen) atoms. The topological polar surface area (TPSA) is 95.7 Å². The van der Waals surface area contributed by atoms with E-state index in [2.05, 4.69) is 25.3 Å². The Kier molecular flexibility index (Phi) is 5.34. The molecule has 2 aliphatic carbocycles. The number of nitrogens with zero attached hydrogens (tertiary/aromatic N) is 5. The van der Waals surface area contributed by atoms with Crippen LogP contribution in [0.15, 0.2) is 42.2 Å². The van der Waals surface area contributed by atoms with Crippen molar-refractivity contribution in [3.63, 3.8) is 0 Å². The third-order valence-corrected chi connectivity index (χ3v) is 9.04. The van der Waals surface area contributed by atoms with Gasteiger partial charge in [0.1, 0.15) is 16.8 Å². The van der Waals surface area contributed by atoms with Gasteiger partial charge in [-0.15, -0.1) is 11.3 Å². The van der Waals surface area contributed by atoms with Gasteiger partial charge >= 0.3 is 0 Å². The number of aliphatic hydroxyl groups is 1. The molecule has 202 valence electrons. The molecule has 0 unspecified atom stereocenters. The number of hydrogen-bond acceptors (Lipinski definition) is 7. The first kappa shape index (κ1) is 24.5. The fourth-order valence-electron chi connectivity index (χ4n) is 5.94. The monoisotopic (exact) mass is 554 g/mol. The molecule has 1 aliphatic heterocycles. The van der Waals surface area contributed by atoms with Crippen molar-refractivity contribution in [2.24, 2.45) is 5.41 Å². The molecule has 7 rings (SSSR count). The summed E-state index contributed by atoms with van der Waals surface area (Å²) in [5.74, 6) is -0.465. The van der Waals surface area contributed by atoms with Gasteiger partial charge in [-0.2, -0.15) is 5.10 Å². The van der Waals surface area contributed by atoms with Gasteiger partial charge in [0.15, 0.2) is 0 Å². The number of aryl methyl sites for hydroxylation is 1. The van der Waals surface area contributed by atoms with Crippen molar-refractivity contribution in [2.45, 2.75) is 50.3 Å². The van der Waals surface area contributed by atoms with Crippen LogP contribution < -0.4 is 10.2 Å². The predicted octanol–water partition coefficient (Wildman–Crippen LogP) is 4.84. The second-order valence-electron chi connectivity index (χ2n) is 11.1. The lowest BCUT2D eigenvalue weighted by Gasteiger charge is -2.62. The summed E-state index contributed by atoms with van der Waals surface area (Å²) < 4.78 is 41.2. The van der Waals surface area contributed by atoms with Crippen molar-refractivity contribution >= 4 is 34.1 Å². The third-order valence-electron chi connectivity index (χ3n) is 8.13. The Bertz CT molecular complexity index is 1610. The van der Waals surface area contributed by atoms with E-state index in [0.717, 1.165) is 22.0 Å². The minimum atomic E-state index is -2.73. The van der Waals surface area contributed by atoms with Crippen LogP contribution in [0.1, 0.15) is 46.9 Å². The van der Waals surface area contributed by atoms with Crippen molar-refractivity contribution in [2.75, 3.05) is 23.3 Å². The van der Waals surface area contributed by atoms with E-state index in [1.807, 2.05) is 23.6 Å². The Hall–Kier alpha value is -3.51. The van der Waals surface area contributed by atoms with E-state index in [9.17, 15) is 23.1 Å². The van der Waals surface area contributed by atoms with E-state index in [1.165, 1.54) is 17.5 Å². The van der Waals surface area contributed by atoms with Crippen LogP contribution in [0.2, 0.25) is 0 Å². The van der Waals surface area contributed by atoms with Gasteiger partial charge < -0.3 is 15.3 Å². The van der Waals surface area contributed by atoms with Crippen molar-refractivity contribution in [1.29, 1.82) is 0 Å². The molecule has 2 atom stereocenters. The van der Waals surface area contributed by atoms with E-state index in [-0.39, 0.29) is 30.1 Å². The third kappa shape index (κ3) is 4.08. The van der Waals surface area contributed by atoms with Crippen LogP contribution in [-0.2, 0) is 0 Å². The summed E-state index contributed by atoms with van der Waals surface area (Å²) in [7, 11) is 0. The molecule has 1 saturated heterocycles. The highest BCUT2D eigenvalue weighted by molar-refractivity contribution is 7.13. The zero-order valence-corrected chi connectivity index (χ0v) is 21.8. The highest BCUT2D eigenvalue weighted by Crippen LogP contribution is 2.57. The molecule has 1 amide bonds. The Balaban J connectivity index is 1.08. The number of pyridine rings is 2. The maximum absolute atomic E-state index is 13.4. The van der Waals surface area contributed by atoms with Gasteiger partial charge in [0, 0.05) is 53.4 Å². The normalized spacial score (nSPS) is 22.7. The van der Waals surface area contributed by atoms with Gasteiger partial charge in [0.2, 0.25) is 0 Å². The minimum absolute atomic E-state index is 0.0997. The molecule has 0 radical (unpaired) electrons. The lowest BCUT2D eigenvalue weighted by atomic mass is 9.55. The number of carbonyl (C=O) groups is 1. The van der Waals surface area contributed by atoms with Crippen molar-refractivity contribution in [1.82, 2.24) is 19.6 Å². The first-order valence-electron chi connectivity index (χ1n) is 12.7. The molecule has 2 saturated carbocycles. The number of alkyl halides is 3. The zero-order valence-electron chi connectivity index (χ0n) is 20.9. The van der Waals surface area contributed by atoms with Crippen LogP contribution >= 0.6 is 11.3 Å². The second kappa shape index (κ2) is 8.49. The summed E-state index contributed by atoms with van der Waals surface area (Å²) >= 11 is 1.43. The molecule has 0 aromatic carbocycles. The number of anilines is 2. The van der Waals surface area contributed by atoms with Crippen molar-refractivity contribution in [3.05, 3.63) is 59.1 Å². The maximum atomic E-state index is 13.4. The van der Waals surface area contributed by atoms with E-state index in [4.69, 9.17) is 0 Å². The average Bonchev–Trinajstić information content (AvgIpc) is 3.25. The van der Waals surface area contributed by atoms with Crippen molar-refractivity contribution < 1.29 is 23.1 Å². The van der Waals surface area contributed by atoms with Crippen LogP contribution in [0.25, 0.3) is 16.1 Å². The molecule has 4 aromatic rings. The number of amides is 1. The molecule has 12 heteroatoms. The van der Waals surface area contributed by atoms with Gasteiger partial charge in [0.25, 0.3) is 12.3 Å². The molecule has 2 N–H and O–H groups in total. The molecular formula is C27H25F3N6O2S. The minimum Gasteiger partial charge on any atom is -0.384 e. The number of rotatable bonds is 6. The number of thiazole rings is 1. The first-order valence-corrected chi connectivity index (χ1v) is 13.6. The van der Waals surface area contributed by atoms with Crippen LogP contribution in [0.3, 0.4) is 0 Å². The van der Waals surface area contributed by atoms with Gasteiger partial charge in [-0.05, 0) is 44.4 Å². The zero-order chi connectivity index (χ0) is 27.1. The summed E-state index contributed by atoms with van der Waals surface area (Å²) in [5, 5.41) is 19.8.